The van der Waals surface area contributed by atoms with Crippen LogP contribution in [0, 0.1) is 0 Å². The number of thiol groups is 1. The minimum absolute atomic E-state index is 0.181. The Hall–Kier alpha value is -0.640. The lowest BCUT2D eigenvalue weighted by atomic mass is 10.0. The maximum atomic E-state index is 12.2. The number of hydrogen-bond acceptors (Lipinski definition) is 1. The molecule has 0 amide bonds. The van der Waals surface area contributed by atoms with E-state index < -0.39 is 11.7 Å². The van der Waals surface area contributed by atoms with Gasteiger partial charge in [-0.2, -0.15) is 25.8 Å². The molecule has 0 saturated heterocycles. The molecule has 0 aliphatic heterocycles. The maximum absolute atomic E-state index is 12.2. The fourth-order valence-electron chi connectivity index (χ4n) is 1.11. The molecule has 0 fully saturated rings. The average molecular weight is 220 g/mol. The molecule has 1 atom stereocenters. The molecule has 1 rings (SSSR count). The standard InChI is InChI=1S/C10H11F3S/c1-7(6-14)8-2-4-9(5-3-8)10(11,12)13/h2-5,7,14H,6H2,1H3. The van der Waals surface area contributed by atoms with Crippen LogP contribution in [0.5, 0.6) is 0 Å². The van der Waals surface area contributed by atoms with Crippen LogP contribution in [-0.4, -0.2) is 5.75 Å². The molecule has 0 radical (unpaired) electrons. The van der Waals surface area contributed by atoms with E-state index >= 15 is 0 Å². The second-order valence-corrected chi connectivity index (χ2v) is 3.57. The molecule has 14 heavy (non-hydrogen) atoms. The molecule has 0 heterocycles. The van der Waals surface area contributed by atoms with E-state index in [1.54, 1.807) is 0 Å². The first-order valence-corrected chi connectivity index (χ1v) is 4.86. The second-order valence-electron chi connectivity index (χ2n) is 3.20. The Morgan fingerprint density at radius 3 is 2.07 bits per heavy atom. The predicted octanol–water partition coefficient (Wildman–Crippen LogP) is 3.74. The molecule has 0 nitrogen and oxygen atoms in total. The molecular weight excluding hydrogens is 209 g/mol. The molecule has 1 aromatic carbocycles. The van der Waals surface area contributed by atoms with Crippen LogP contribution in [0.15, 0.2) is 24.3 Å². The van der Waals surface area contributed by atoms with Crippen molar-refractivity contribution in [3.63, 3.8) is 0 Å². The third-order valence-corrected chi connectivity index (χ3v) is 2.63. The number of hydrogen-bond donors (Lipinski definition) is 1. The van der Waals surface area contributed by atoms with E-state index in [9.17, 15) is 13.2 Å². The van der Waals surface area contributed by atoms with Crippen LogP contribution in [0.3, 0.4) is 0 Å². The Kier molecular flexibility index (Phi) is 3.48. The van der Waals surface area contributed by atoms with Crippen molar-refractivity contribution in [3.05, 3.63) is 35.4 Å². The van der Waals surface area contributed by atoms with Gasteiger partial charge in [0.05, 0.1) is 5.56 Å². The van der Waals surface area contributed by atoms with Gasteiger partial charge in [-0.25, -0.2) is 0 Å². The summed E-state index contributed by atoms with van der Waals surface area (Å²) in [6.07, 6.45) is -4.25. The summed E-state index contributed by atoms with van der Waals surface area (Å²) in [4.78, 5) is 0. The van der Waals surface area contributed by atoms with Crippen molar-refractivity contribution in [1.29, 1.82) is 0 Å². The zero-order valence-corrected chi connectivity index (χ0v) is 8.57. The maximum Gasteiger partial charge on any atom is 0.416 e. The quantitative estimate of drug-likeness (QED) is 0.721. The molecule has 1 unspecified atom stereocenters. The van der Waals surface area contributed by atoms with Gasteiger partial charge in [0.15, 0.2) is 0 Å². The van der Waals surface area contributed by atoms with Crippen LogP contribution in [0.1, 0.15) is 24.0 Å². The Balaban J connectivity index is 2.89. The van der Waals surface area contributed by atoms with Crippen molar-refractivity contribution in [3.8, 4) is 0 Å². The van der Waals surface area contributed by atoms with Gasteiger partial charge >= 0.3 is 6.18 Å². The van der Waals surface area contributed by atoms with Crippen molar-refractivity contribution in [2.75, 3.05) is 5.75 Å². The van der Waals surface area contributed by atoms with E-state index in [1.165, 1.54) is 12.1 Å². The Labute approximate surface area is 86.5 Å². The van der Waals surface area contributed by atoms with Crippen molar-refractivity contribution in [2.24, 2.45) is 0 Å². The molecule has 0 spiro atoms. The van der Waals surface area contributed by atoms with E-state index in [0.29, 0.717) is 5.75 Å². The predicted molar refractivity (Wildman–Crippen MR) is 53.7 cm³/mol. The van der Waals surface area contributed by atoms with Crippen LogP contribution in [0.2, 0.25) is 0 Å². The van der Waals surface area contributed by atoms with Gasteiger partial charge in [0.1, 0.15) is 0 Å². The molecule has 0 aliphatic carbocycles. The summed E-state index contributed by atoms with van der Waals surface area (Å²) in [5, 5.41) is 0. The molecule has 0 saturated carbocycles. The van der Waals surface area contributed by atoms with Gasteiger partial charge in [-0.3, -0.25) is 0 Å². The van der Waals surface area contributed by atoms with Crippen LogP contribution in [-0.2, 0) is 6.18 Å². The van der Waals surface area contributed by atoms with Gasteiger partial charge in [-0.05, 0) is 29.4 Å². The lowest BCUT2D eigenvalue weighted by Crippen LogP contribution is -2.05. The van der Waals surface area contributed by atoms with E-state index in [-0.39, 0.29) is 5.92 Å². The van der Waals surface area contributed by atoms with Crippen LogP contribution in [0.4, 0.5) is 13.2 Å². The van der Waals surface area contributed by atoms with Gasteiger partial charge in [0.25, 0.3) is 0 Å². The van der Waals surface area contributed by atoms with Gasteiger partial charge < -0.3 is 0 Å². The smallest absolute Gasteiger partial charge is 0.179 e. The SMILES string of the molecule is CC(CS)c1ccc(C(F)(F)F)cc1. The summed E-state index contributed by atoms with van der Waals surface area (Å²) in [5.41, 5.74) is 0.278. The third kappa shape index (κ3) is 2.67. The van der Waals surface area contributed by atoms with E-state index in [1.807, 2.05) is 6.92 Å². The number of alkyl halides is 3. The first kappa shape index (κ1) is 11.4. The van der Waals surface area contributed by atoms with Crippen molar-refractivity contribution >= 4 is 12.6 Å². The highest BCUT2D eigenvalue weighted by atomic mass is 32.1. The molecule has 0 N–H and O–H groups in total. The largest absolute Gasteiger partial charge is 0.416 e. The van der Waals surface area contributed by atoms with Crippen molar-refractivity contribution in [1.82, 2.24) is 0 Å². The lowest BCUT2D eigenvalue weighted by molar-refractivity contribution is -0.137. The first-order valence-electron chi connectivity index (χ1n) is 4.23. The molecule has 0 aromatic heterocycles. The highest BCUT2D eigenvalue weighted by Gasteiger charge is 2.29. The third-order valence-electron chi connectivity index (χ3n) is 2.08. The zero-order valence-electron chi connectivity index (χ0n) is 7.67. The number of halogens is 3. The monoisotopic (exact) mass is 220 g/mol. The van der Waals surface area contributed by atoms with Crippen molar-refractivity contribution < 1.29 is 13.2 Å². The summed E-state index contributed by atoms with van der Waals surface area (Å²) in [6.45, 7) is 1.93. The molecule has 1 aromatic rings. The van der Waals surface area contributed by atoms with Crippen LogP contribution >= 0.6 is 12.6 Å². The molecule has 78 valence electrons. The second kappa shape index (κ2) is 4.26. The normalized spacial score (nSPS) is 14.1. The van der Waals surface area contributed by atoms with E-state index in [4.69, 9.17) is 0 Å². The van der Waals surface area contributed by atoms with Gasteiger partial charge in [-0.1, -0.05) is 19.1 Å². The summed E-state index contributed by atoms with van der Waals surface area (Å²) < 4.78 is 36.6. The molecule has 4 heteroatoms. The highest BCUT2D eigenvalue weighted by Crippen LogP contribution is 2.30. The summed E-state index contributed by atoms with van der Waals surface area (Å²) in [5.74, 6) is 0.811. The van der Waals surface area contributed by atoms with E-state index in [2.05, 4.69) is 12.6 Å². The fraction of sp³-hybridized carbons (Fsp3) is 0.400. The first-order chi connectivity index (χ1) is 6.45. The summed E-state index contributed by atoms with van der Waals surface area (Å²) in [7, 11) is 0. The minimum atomic E-state index is -4.25. The van der Waals surface area contributed by atoms with E-state index in [0.717, 1.165) is 17.7 Å². The number of rotatable bonds is 2. The zero-order chi connectivity index (χ0) is 10.8. The number of benzene rings is 1. The highest BCUT2D eigenvalue weighted by molar-refractivity contribution is 7.80. The topological polar surface area (TPSA) is 0 Å². The lowest BCUT2D eigenvalue weighted by Gasteiger charge is -2.10. The van der Waals surface area contributed by atoms with Gasteiger partial charge in [-0.15, -0.1) is 0 Å². The summed E-state index contributed by atoms with van der Waals surface area (Å²) >= 11 is 4.09. The Morgan fingerprint density at radius 2 is 1.71 bits per heavy atom. The molecule has 0 aliphatic rings. The Morgan fingerprint density at radius 1 is 1.21 bits per heavy atom. The minimum Gasteiger partial charge on any atom is -0.179 e. The summed E-state index contributed by atoms with van der Waals surface area (Å²) in [6, 6.07) is 5.22. The Bertz CT molecular complexity index is 289. The van der Waals surface area contributed by atoms with Crippen molar-refractivity contribution in [2.45, 2.75) is 19.0 Å². The van der Waals surface area contributed by atoms with Gasteiger partial charge in [0, 0.05) is 0 Å². The average Bonchev–Trinajstić information content (AvgIpc) is 2.15. The molecule has 0 bridgehead atoms. The fourth-order valence-corrected chi connectivity index (χ4v) is 1.32. The van der Waals surface area contributed by atoms with Crippen LogP contribution < -0.4 is 0 Å². The molecular formula is C10H11F3S. The van der Waals surface area contributed by atoms with Gasteiger partial charge in [0.2, 0.25) is 0 Å². The van der Waals surface area contributed by atoms with Crippen LogP contribution in [0.25, 0.3) is 0 Å².